The average molecular weight is 230 g/mol. The van der Waals surface area contributed by atoms with Gasteiger partial charge in [-0.2, -0.15) is 0 Å². The van der Waals surface area contributed by atoms with E-state index in [2.05, 4.69) is 16.2 Å². The molecule has 5 heteroatoms. The molecule has 1 aromatic rings. The Kier molecular flexibility index (Phi) is 2.74. The lowest BCUT2D eigenvalue weighted by molar-refractivity contribution is 0.697. The summed E-state index contributed by atoms with van der Waals surface area (Å²) in [6, 6.07) is 1.68. The number of nitrogens with two attached hydrogens (primary N) is 1. The minimum Gasteiger partial charge on any atom is -0.337 e. The quantitative estimate of drug-likeness (QED) is 0.683. The minimum atomic E-state index is -0.517. The monoisotopic (exact) mass is 230 g/mol. The Hall–Kier alpha value is -2.06. The molecule has 1 unspecified atom stereocenters. The van der Waals surface area contributed by atoms with Crippen LogP contribution < -0.4 is 16.6 Å². The molecule has 0 saturated heterocycles. The van der Waals surface area contributed by atoms with Gasteiger partial charge in [0.25, 0.3) is 5.56 Å². The van der Waals surface area contributed by atoms with Crippen LogP contribution in [-0.4, -0.2) is 16.6 Å². The molecule has 0 saturated carbocycles. The first-order valence-corrected chi connectivity index (χ1v) is 5.39. The van der Waals surface area contributed by atoms with Gasteiger partial charge < -0.3 is 5.32 Å². The van der Waals surface area contributed by atoms with E-state index in [1.54, 1.807) is 10.6 Å². The lowest BCUT2D eigenvalue weighted by Crippen LogP contribution is -2.37. The van der Waals surface area contributed by atoms with Crippen molar-refractivity contribution < 1.29 is 0 Å². The van der Waals surface area contributed by atoms with Gasteiger partial charge >= 0.3 is 0 Å². The molecule has 88 valence electrons. The van der Waals surface area contributed by atoms with Crippen LogP contribution in [0.4, 0.5) is 5.82 Å². The highest BCUT2D eigenvalue weighted by Crippen LogP contribution is 2.20. The summed E-state index contributed by atoms with van der Waals surface area (Å²) in [6.07, 6.45) is 4.81. The Balaban J connectivity index is 2.79. The molecule has 1 aromatic heterocycles. The number of nitrogens with zero attached hydrogens (tertiary/aromatic N) is 2. The average Bonchev–Trinajstić information content (AvgIpc) is 2.28. The summed E-state index contributed by atoms with van der Waals surface area (Å²) in [4.78, 5) is 16.2. The van der Waals surface area contributed by atoms with Crippen LogP contribution >= 0.6 is 0 Å². The molecule has 0 bridgehead atoms. The highest BCUT2D eigenvalue weighted by Gasteiger charge is 2.20. The molecular formula is C12H14N4O. The van der Waals surface area contributed by atoms with Crippen LogP contribution in [0.5, 0.6) is 0 Å². The van der Waals surface area contributed by atoms with Gasteiger partial charge in [0.05, 0.1) is 5.56 Å². The number of terminal acetylenes is 1. The van der Waals surface area contributed by atoms with Gasteiger partial charge in [-0.3, -0.25) is 20.1 Å². The van der Waals surface area contributed by atoms with E-state index >= 15 is 0 Å². The zero-order chi connectivity index (χ0) is 12.6. The fraction of sp³-hybridized carbons (Fsp3) is 0.333. The molecule has 2 rings (SSSR count). The normalized spacial score (nSPS) is 17.8. The fourth-order valence-corrected chi connectivity index (χ4v) is 1.95. The third-order valence-electron chi connectivity index (χ3n) is 2.77. The first-order chi connectivity index (χ1) is 8.08. The molecule has 5 nitrogen and oxygen atoms in total. The molecule has 0 aromatic carbocycles. The molecule has 2 heterocycles. The molecule has 0 fully saturated rings. The van der Waals surface area contributed by atoms with Gasteiger partial charge in [0.1, 0.15) is 5.82 Å². The number of fused-ring (bicyclic) bond motifs is 1. The van der Waals surface area contributed by atoms with Gasteiger partial charge in [-0.05, 0) is 19.9 Å². The Morgan fingerprint density at radius 3 is 3.00 bits per heavy atom. The maximum atomic E-state index is 12.0. The lowest BCUT2D eigenvalue weighted by atomic mass is 10.1. The summed E-state index contributed by atoms with van der Waals surface area (Å²) in [5.74, 6) is 3.10. The van der Waals surface area contributed by atoms with Crippen molar-refractivity contribution >= 4 is 11.5 Å². The summed E-state index contributed by atoms with van der Waals surface area (Å²) in [6.45, 7) is 4.27. The van der Waals surface area contributed by atoms with E-state index < -0.39 is 6.29 Å². The molecule has 0 radical (unpaired) electrons. The number of hydrogen-bond acceptors (Lipinski definition) is 4. The summed E-state index contributed by atoms with van der Waals surface area (Å²) in [5, 5.41) is 2.99. The highest BCUT2D eigenvalue weighted by molar-refractivity contribution is 6.04. The number of rotatable bonds is 1. The van der Waals surface area contributed by atoms with Crippen LogP contribution in [0.15, 0.2) is 15.9 Å². The zero-order valence-corrected chi connectivity index (χ0v) is 9.82. The molecule has 0 spiro atoms. The molecular weight excluding hydrogens is 216 g/mol. The Labute approximate surface area is 99.4 Å². The van der Waals surface area contributed by atoms with E-state index in [1.165, 1.54) is 0 Å². The third kappa shape index (κ3) is 1.73. The largest absolute Gasteiger partial charge is 0.337 e. The van der Waals surface area contributed by atoms with Crippen LogP contribution in [0, 0.1) is 12.3 Å². The van der Waals surface area contributed by atoms with Gasteiger partial charge in [0.2, 0.25) is 0 Å². The number of pyridine rings is 1. The number of aliphatic imine (C=N–C) groups is 1. The van der Waals surface area contributed by atoms with Crippen LogP contribution in [-0.2, 0) is 6.54 Å². The van der Waals surface area contributed by atoms with Crippen LogP contribution in [0.3, 0.4) is 0 Å². The van der Waals surface area contributed by atoms with E-state index in [1.807, 2.05) is 13.8 Å². The maximum absolute atomic E-state index is 12.0. The second-order valence-electron chi connectivity index (χ2n) is 3.82. The second kappa shape index (κ2) is 4.07. The van der Waals surface area contributed by atoms with Crippen molar-refractivity contribution in [3.05, 3.63) is 27.5 Å². The molecule has 3 N–H and O–H groups in total. The fourth-order valence-electron chi connectivity index (χ4n) is 1.95. The third-order valence-corrected chi connectivity index (χ3v) is 2.77. The zero-order valence-electron chi connectivity index (χ0n) is 9.82. The Bertz CT molecular complexity index is 592. The van der Waals surface area contributed by atoms with Crippen molar-refractivity contribution in [2.45, 2.75) is 26.7 Å². The number of anilines is 1. The van der Waals surface area contributed by atoms with Gasteiger partial charge in [0.15, 0.2) is 6.29 Å². The molecule has 1 atom stereocenters. The van der Waals surface area contributed by atoms with Gasteiger partial charge in [0, 0.05) is 17.8 Å². The molecule has 1 aliphatic heterocycles. The highest BCUT2D eigenvalue weighted by atomic mass is 16.1. The van der Waals surface area contributed by atoms with Gasteiger partial charge in [-0.1, -0.05) is 5.92 Å². The molecule has 0 amide bonds. The minimum absolute atomic E-state index is 0.178. The van der Waals surface area contributed by atoms with E-state index in [9.17, 15) is 4.79 Å². The predicted octanol–water partition coefficient (Wildman–Crippen LogP) is 0.326. The molecule has 17 heavy (non-hydrogen) atoms. The summed E-state index contributed by atoms with van der Waals surface area (Å²) < 4.78 is 1.59. The van der Waals surface area contributed by atoms with E-state index in [-0.39, 0.29) is 5.56 Å². The number of hydrogen-bond donors (Lipinski definition) is 2. The van der Waals surface area contributed by atoms with Crippen LogP contribution in [0.2, 0.25) is 0 Å². The second-order valence-corrected chi connectivity index (χ2v) is 3.82. The first-order valence-electron chi connectivity index (χ1n) is 5.39. The van der Waals surface area contributed by atoms with E-state index in [0.717, 1.165) is 11.3 Å². The van der Waals surface area contributed by atoms with Crippen molar-refractivity contribution in [3.63, 3.8) is 0 Å². The maximum Gasteiger partial charge on any atom is 0.267 e. The van der Waals surface area contributed by atoms with Crippen molar-refractivity contribution in [3.8, 4) is 12.3 Å². The van der Waals surface area contributed by atoms with Gasteiger partial charge in [-0.15, -0.1) is 6.42 Å². The standard InChI is InChI=1S/C12H14N4O/c1-4-8-6-9-7(3)14-12(13)15-10(9)16(5-2)11(8)17/h1,6,12,15H,5,13H2,2-3H3. The summed E-state index contributed by atoms with van der Waals surface area (Å²) in [5.41, 5.74) is 7.51. The van der Waals surface area contributed by atoms with E-state index in [0.29, 0.717) is 17.9 Å². The summed E-state index contributed by atoms with van der Waals surface area (Å²) >= 11 is 0. The topological polar surface area (TPSA) is 72.4 Å². The predicted molar refractivity (Wildman–Crippen MR) is 68.1 cm³/mol. The van der Waals surface area contributed by atoms with Crippen molar-refractivity contribution in [1.82, 2.24) is 4.57 Å². The van der Waals surface area contributed by atoms with Crippen molar-refractivity contribution in [1.29, 1.82) is 0 Å². The number of nitrogens with one attached hydrogen (secondary N) is 1. The Morgan fingerprint density at radius 1 is 1.71 bits per heavy atom. The first kappa shape index (κ1) is 11.4. The molecule has 1 aliphatic rings. The van der Waals surface area contributed by atoms with Gasteiger partial charge in [-0.25, -0.2) is 0 Å². The van der Waals surface area contributed by atoms with Crippen molar-refractivity contribution in [2.75, 3.05) is 5.32 Å². The number of aromatic nitrogens is 1. The SMILES string of the molecule is C#Cc1cc2c(n(CC)c1=O)NC(N)N=C2C. The van der Waals surface area contributed by atoms with Crippen LogP contribution in [0.1, 0.15) is 25.0 Å². The molecule has 0 aliphatic carbocycles. The van der Waals surface area contributed by atoms with Crippen molar-refractivity contribution in [2.24, 2.45) is 10.7 Å². The lowest BCUT2D eigenvalue weighted by Gasteiger charge is -2.24. The smallest absolute Gasteiger partial charge is 0.267 e. The van der Waals surface area contributed by atoms with Crippen LogP contribution in [0.25, 0.3) is 0 Å². The summed E-state index contributed by atoms with van der Waals surface area (Å²) in [7, 11) is 0. The Morgan fingerprint density at radius 2 is 2.41 bits per heavy atom. The van der Waals surface area contributed by atoms with E-state index in [4.69, 9.17) is 12.2 Å².